The summed E-state index contributed by atoms with van der Waals surface area (Å²) < 4.78 is 34.9. The minimum absolute atomic E-state index is 0.00140. The third kappa shape index (κ3) is 9.39. The number of carbonyl (C=O) groups is 1. The van der Waals surface area contributed by atoms with Crippen LogP contribution in [-0.4, -0.2) is 93.1 Å². The zero-order valence-corrected chi connectivity index (χ0v) is 33.9. The number of hydrogen-bond donors (Lipinski definition) is 1. The van der Waals surface area contributed by atoms with Crippen molar-refractivity contribution in [2.24, 2.45) is 0 Å². The van der Waals surface area contributed by atoms with Crippen molar-refractivity contribution in [3.63, 3.8) is 0 Å². The summed E-state index contributed by atoms with van der Waals surface area (Å²) in [6, 6.07) is 19.3. The van der Waals surface area contributed by atoms with Crippen LogP contribution in [0.2, 0.25) is 5.02 Å². The van der Waals surface area contributed by atoms with Gasteiger partial charge in [0.15, 0.2) is 0 Å². The molecule has 0 bridgehead atoms. The maximum atomic E-state index is 14.2. The van der Waals surface area contributed by atoms with Crippen LogP contribution in [0.1, 0.15) is 36.6 Å². The van der Waals surface area contributed by atoms with Crippen LogP contribution in [0.25, 0.3) is 31.8 Å². The van der Waals surface area contributed by atoms with E-state index in [1.54, 1.807) is 18.3 Å². The normalized spacial score (nSPS) is 14.2. The number of para-hydroxylation sites is 1. The first kappa shape index (κ1) is 40.1. The topological polar surface area (TPSA) is 115 Å². The first-order chi connectivity index (χ1) is 27.7. The molecule has 0 unspecified atom stereocenters. The standard InChI is InChI=1S/C43H46ClFN6O5S/c1-4-5-18-51-32(16-17-48-51)26-55-34-9-7-6-8-30(34)25-36(43(52)53)56-41-38-37(40(57-42(38)47-27-46-41)29-10-12-31(45)13-11-29)33-14-15-35(39(44)28(33)2)54-24-23-50-21-19-49(3)20-22-50/h6-17,27,36H,4-5,18-26H2,1-3H3,(H,52,53)/t36-/m1/s1. The van der Waals surface area contributed by atoms with Gasteiger partial charge in [-0.1, -0.05) is 61.3 Å². The lowest BCUT2D eigenvalue weighted by Crippen LogP contribution is -2.45. The van der Waals surface area contributed by atoms with Gasteiger partial charge in [-0.3, -0.25) is 9.58 Å². The second-order valence-corrected chi connectivity index (χ2v) is 15.5. The predicted octanol–water partition coefficient (Wildman–Crippen LogP) is 8.40. The number of ether oxygens (including phenoxy) is 3. The quantitative estimate of drug-likeness (QED) is 0.0963. The van der Waals surface area contributed by atoms with Crippen molar-refractivity contribution in [3.8, 4) is 38.9 Å². The average molecular weight is 813 g/mol. The third-order valence-electron chi connectivity index (χ3n) is 10.3. The summed E-state index contributed by atoms with van der Waals surface area (Å²) in [4.78, 5) is 28.1. The van der Waals surface area contributed by atoms with Crippen molar-refractivity contribution in [2.45, 2.75) is 52.4 Å². The fourth-order valence-corrected chi connectivity index (χ4v) is 8.30. The van der Waals surface area contributed by atoms with Gasteiger partial charge in [0.25, 0.3) is 0 Å². The summed E-state index contributed by atoms with van der Waals surface area (Å²) in [5.41, 5.74) is 4.56. The SMILES string of the molecule is CCCCn1nccc1COc1ccccc1C[C@@H](Oc1ncnc2sc(-c3ccc(F)cc3)c(-c3ccc(OCCN4CCN(C)CC4)c(Cl)c3C)c12)C(=O)O. The Kier molecular flexibility index (Phi) is 13.0. The molecule has 298 valence electrons. The van der Waals surface area contributed by atoms with E-state index in [1.165, 1.54) is 29.8 Å². The van der Waals surface area contributed by atoms with Gasteiger partial charge in [-0.25, -0.2) is 19.2 Å². The van der Waals surface area contributed by atoms with Crippen LogP contribution in [-0.2, 0) is 24.4 Å². The van der Waals surface area contributed by atoms with Crippen LogP contribution in [0.4, 0.5) is 4.39 Å². The van der Waals surface area contributed by atoms with Crippen molar-refractivity contribution in [1.82, 2.24) is 29.5 Å². The van der Waals surface area contributed by atoms with Crippen molar-refractivity contribution in [3.05, 3.63) is 107 Å². The number of likely N-dealkylation sites (N-methyl/N-ethyl adjacent to an activating group) is 1. The van der Waals surface area contributed by atoms with Gasteiger partial charge in [0.1, 0.15) is 41.7 Å². The lowest BCUT2D eigenvalue weighted by atomic mass is 9.96. The van der Waals surface area contributed by atoms with Crippen LogP contribution in [0.5, 0.6) is 17.4 Å². The van der Waals surface area contributed by atoms with Crippen LogP contribution in [0, 0.1) is 12.7 Å². The van der Waals surface area contributed by atoms with E-state index in [9.17, 15) is 14.3 Å². The number of rotatable bonds is 17. The van der Waals surface area contributed by atoms with Gasteiger partial charge in [-0.15, -0.1) is 11.3 Å². The Bertz CT molecular complexity index is 2310. The molecule has 14 heteroatoms. The molecule has 0 spiro atoms. The summed E-state index contributed by atoms with van der Waals surface area (Å²) in [6.07, 6.45) is 3.84. The highest BCUT2D eigenvalue weighted by molar-refractivity contribution is 7.22. The molecule has 1 aliphatic rings. The maximum Gasteiger partial charge on any atom is 0.345 e. The Morgan fingerprint density at radius 1 is 0.982 bits per heavy atom. The van der Waals surface area contributed by atoms with Crippen LogP contribution in [0.3, 0.4) is 0 Å². The number of piperazine rings is 1. The Balaban J connectivity index is 1.20. The molecule has 4 heterocycles. The van der Waals surface area contributed by atoms with Crippen molar-refractivity contribution >= 4 is 39.1 Å². The summed E-state index contributed by atoms with van der Waals surface area (Å²) in [6.45, 7) is 10.4. The summed E-state index contributed by atoms with van der Waals surface area (Å²) >= 11 is 8.42. The Labute approximate surface area is 340 Å². The lowest BCUT2D eigenvalue weighted by molar-refractivity contribution is -0.145. The molecule has 1 aliphatic heterocycles. The molecule has 0 amide bonds. The van der Waals surface area contributed by atoms with Crippen molar-refractivity contribution in [2.75, 3.05) is 46.4 Å². The number of thiophene rings is 1. The Hall–Kier alpha value is -5.08. The average Bonchev–Trinajstić information content (AvgIpc) is 3.84. The second kappa shape index (κ2) is 18.5. The molecule has 6 aromatic rings. The predicted molar refractivity (Wildman–Crippen MR) is 221 cm³/mol. The molecule has 0 aliphatic carbocycles. The maximum absolute atomic E-state index is 14.2. The van der Waals surface area contributed by atoms with E-state index < -0.39 is 12.1 Å². The number of hydrogen-bond acceptors (Lipinski definition) is 10. The van der Waals surface area contributed by atoms with E-state index in [2.05, 4.69) is 38.8 Å². The molecular weight excluding hydrogens is 767 g/mol. The molecule has 1 fully saturated rings. The minimum atomic E-state index is -1.33. The lowest BCUT2D eigenvalue weighted by Gasteiger charge is -2.32. The summed E-state index contributed by atoms with van der Waals surface area (Å²) in [5.74, 6) is -0.303. The highest BCUT2D eigenvalue weighted by Crippen LogP contribution is 2.49. The van der Waals surface area contributed by atoms with Gasteiger partial charge in [-0.05, 0) is 73.0 Å². The van der Waals surface area contributed by atoms with Gasteiger partial charge in [0.2, 0.25) is 12.0 Å². The van der Waals surface area contributed by atoms with E-state index in [0.29, 0.717) is 44.5 Å². The fourth-order valence-electron chi connectivity index (χ4n) is 6.93. The first-order valence-corrected chi connectivity index (χ1v) is 20.4. The highest BCUT2D eigenvalue weighted by atomic mass is 35.5. The molecule has 1 N–H and O–H groups in total. The number of aliphatic carboxylic acids is 1. The molecule has 57 heavy (non-hydrogen) atoms. The van der Waals surface area contributed by atoms with Crippen molar-refractivity contribution in [1.29, 1.82) is 0 Å². The molecule has 3 aromatic heterocycles. The number of carboxylic acid groups (broad SMARTS) is 1. The number of aryl methyl sites for hydroxylation is 1. The van der Waals surface area contributed by atoms with Crippen LogP contribution >= 0.6 is 22.9 Å². The third-order valence-corrected chi connectivity index (χ3v) is 11.9. The largest absolute Gasteiger partial charge is 0.491 e. The number of halogens is 2. The molecule has 7 rings (SSSR count). The number of fused-ring (bicyclic) bond motifs is 1. The zero-order chi connectivity index (χ0) is 39.9. The van der Waals surface area contributed by atoms with Crippen molar-refractivity contribution < 1.29 is 28.5 Å². The number of unbranched alkanes of at least 4 members (excludes halogenated alkanes) is 1. The Morgan fingerprint density at radius 3 is 2.54 bits per heavy atom. The fraction of sp³-hybridized carbons (Fsp3) is 0.349. The molecular formula is C43H46ClFN6O5S. The van der Waals surface area contributed by atoms with E-state index in [4.69, 9.17) is 25.8 Å². The van der Waals surface area contributed by atoms with Gasteiger partial charge < -0.3 is 24.2 Å². The first-order valence-electron chi connectivity index (χ1n) is 19.2. The van der Waals surface area contributed by atoms with E-state index in [0.717, 1.165) is 79.4 Å². The number of carboxylic acids is 1. The van der Waals surface area contributed by atoms with Crippen LogP contribution in [0.15, 0.2) is 79.3 Å². The van der Waals surface area contributed by atoms with Gasteiger partial charge in [0.05, 0.1) is 16.1 Å². The van der Waals surface area contributed by atoms with Crippen LogP contribution < -0.4 is 14.2 Å². The van der Waals surface area contributed by atoms with E-state index in [1.807, 2.05) is 54.1 Å². The molecule has 0 saturated carbocycles. The van der Waals surface area contributed by atoms with E-state index in [-0.39, 0.29) is 24.7 Å². The monoisotopic (exact) mass is 812 g/mol. The number of nitrogens with zero attached hydrogens (tertiary/aromatic N) is 6. The zero-order valence-electron chi connectivity index (χ0n) is 32.3. The molecule has 11 nitrogen and oxygen atoms in total. The smallest absolute Gasteiger partial charge is 0.345 e. The second-order valence-electron chi connectivity index (χ2n) is 14.2. The molecule has 1 saturated heterocycles. The summed E-state index contributed by atoms with van der Waals surface area (Å²) in [7, 11) is 2.13. The highest BCUT2D eigenvalue weighted by Gasteiger charge is 2.28. The molecule has 3 aromatic carbocycles. The molecule has 1 atom stereocenters. The Morgan fingerprint density at radius 2 is 1.77 bits per heavy atom. The minimum Gasteiger partial charge on any atom is -0.491 e. The van der Waals surface area contributed by atoms with Gasteiger partial charge in [-0.2, -0.15) is 5.10 Å². The van der Waals surface area contributed by atoms with E-state index >= 15 is 0 Å². The van der Waals surface area contributed by atoms with Gasteiger partial charge in [0, 0.05) is 62.3 Å². The summed E-state index contributed by atoms with van der Waals surface area (Å²) in [5, 5.41) is 16.0. The number of aromatic nitrogens is 4. The van der Waals surface area contributed by atoms with Gasteiger partial charge >= 0.3 is 5.97 Å². The molecule has 0 radical (unpaired) electrons. The number of benzene rings is 3.